The zero-order valence-electron chi connectivity index (χ0n) is 8.09. The zero-order chi connectivity index (χ0) is 8.69. The second-order valence-electron chi connectivity index (χ2n) is 2.56. The molecule has 0 radical (unpaired) electrons. The Kier molecular flexibility index (Phi) is 7.41. The fraction of sp³-hybridized carbons (Fsp3) is 1.00. The molecule has 0 aromatic carbocycles. The summed E-state index contributed by atoms with van der Waals surface area (Å²) in [7, 11) is 0. The molecule has 1 unspecified atom stereocenters. The molecule has 0 fully saturated rings. The summed E-state index contributed by atoms with van der Waals surface area (Å²) in [4.78, 5) is 0.366. The SMILES string of the molecule is CCO[CH](C)[Al]([CH2]C)[O]CC. The van der Waals surface area contributed by atoms with Crippen molar-refractivity contribution in [3.8, 4) is 0 Å². The van der Waals surface area contributed by atoms with Gasteiger partial charge in [0.2, 0.25) is 0 Å². The fourth-order valence-corrected chi connectivity index (χ4v) is 3.18. The number of rotatable bonds is 6. The van der Waals surface area contributed by atoms with E-state index in [1.807, 2.05) is 13.8 Å². The van der Waals surface area contributed by atoms with Gasteiger partial charge >= 0.3 is 14.5 Å². The maximum Gasteiger partial charge on any atom is 0.491 e. The van der Waals surface area contributed by atoms with Crippen LogP contribution in [0.15, 0.2) is 0 Å². The Labute approximate surface area is 74.6 Å². The molecule has 0 heterocycles. The standard InChI is InChI=1S/C4H9O.C2H5O.C2H5.Al/c1-3-5-4-2;1-2-3;1-2;/h3H,4H2,1-2H3;2H2,1H3;1H2,2H3;/q;-1;;+1. The van der Waals surface area contributed by atoms with Crippen LogP contribution in [0, 0.1) is 0 Å². The summed E-state index contributed by atoms with van der Waals surface area (Å²) in [6.45, 7) is 10.0. The first-order chi connectivity index (χ1) is 5.26. The smallest absolute Gasteiger partial charge is 0.491 e. The normalized spacial score (nSPS) is 13.1. The second kappa shape index (κ2) is 7.12. The molecule has 11 heavy (non-hydrogen) atoms. The van der Waals surface area contributed by atoms with Gasteiger partial charge < -0.3 is 8.53 Å². The highest BCUT2D eigenvalue weighted by Gasteiger charge is 2.25. The van der Waals surface area contributed by atoms with Crippen molar-refractivity contribution in [3.05, 3.63) is 0 Å². The van der Waals surface area contributed by atoms with Crippen molar-refractivity contribution in [3.63, 3.8) is 0 Å². The Morgan fingerprint density at radius 1 is 1.18 bits per heavy atom. The largest absolute Gasteiger partial charge is 0.500 e. The predicted molar refractivity (Wildman–Crippen MR) is 48.9 cm³/mol. The van der Waals surface area contributed by atoms with Gasteiger partial charge in [-0.1, -0.05) is 12.2 Å². The van der Waals surface area contributed by atoms with Gasteiger partial charge in [-0.3, -0.25) is 0 Å². The molecular formula is C8H19AlO2. The quantitative estimate of drug-likeness (QED) is 0.573. The third-order valence-corrected chi connectivity index (χ3v) is 4.54. The Bertz CT molecular complexity index is 88.2. The highest BCUT2D eigenvalue weighted by molar-refractivity contribution is 6.53. The van der Waals surface area contributed by atoms with E-state index in [0.29, 0.717) is 4.97 Å². The lowest BCUT2D eigenvalue weighted by Gasteiger charge is -2.16. The van der Waals surface area contributed by atoms with Crippen LogP contribution in [0.2, 0.25) is 5.28 Å². The molecule has 1 atom stereocenters. The lowest BCUT2D eigenvalue weighted by atomic mass is 10.8. The fourth-order valence-electron chi connectivity index (χ4n) is 1.17. The summed E-state index contributed by atoms with van der Waals surface area (Å²) in [6, 6.07) is 0. The summed E-state index contributed by atoms with van der Waals surface area (Å²) in [5.74, 6) is 0. The minimum atomic E-state index is -1.05. The molecule has 66 valence electrons. The van der Waals surface area contributed by atoms with E-state index in [9.17, 15) is 0 Å². The summed E-state index contributed by atoms with van der Waals surface area (Å²) < 4.78 is 11.1. The van der Waals surface area contributed by atoms with Gasteiger partial charge in [-0.15, -0.1) is 0 Å². The summed E-state index contributed by atoms with van der Waals surface area (Å²) in [6.07, 6.45) is 0. The maximum absolute atomic E-state index is 5.62. The minimum absolute atomic E-state index is 0.366. The van der Waals surface area contributed by atoms with Crippen molar-refractivity contribution in [1.29, 1.82) is 0 Å². The van der Waals surface area contributed by atoms with Crippen LogP contribution in [0.1, 0.15) is 27.7 Å². The van der Waals surface area contributed by atoms with Crippen molar-refractivity contribution in [1.82, 2.24) is 0 Å². The summed E-state index contributed by atoms with van der Waals surface area (Å²) >= 11 is -1.05. The van der Waals surface area contributed by atoms with Crippen molar-refractivity contribution < 1.29 is 8.53 Å². The molecule has 0 rings (SSSR count). The van der Waals surface area contributed by atoms with Crippen LogP contribution in [0.25, 0.3) is 0 Å². The van der Waals surface area contributed by atoms with Crippen LogP contribution in [0.4, 0.5) is 0 Å². The highest BCUT2D eigenvalue weighted by Crippen LogP contribution is 2.03. The third-order valence-electron chi connectivity index (χ3n) is 1.74. The number of ether oxygens (including phenoxy) is 1. The van der Waals surface area contributed by atoms with Gasteiger partial charge in [-0.25, -0.2) is 0 Å². The highest BCUT2D eigenvalue weighted by atomic mass is 27.2. The lowest BCUT2D eigenvalue weighted by molar-refractivity contribution is 0.110. The van der Waals surface area contributed by atoms with Gasteiger partial charge in [0.05, 0.1) is 0 Å². The van der Waals surface area contributed by atoms with Crippen molar-refractivity contribution >= 4 is 14.5 Å². The van der Waals surface area contributed by atoms with E-state index in [2.05, 4.69) is 13.8 Å². The Hall–Kier alpha value is 0.452. The van der Waals surface area contributed by atoms with Crippen LogP contribution in [0.3, 0.4) is 0 Å². The van der Waals surface area contributed by atoms with Gasteiger partial charge in [0.15, 0.2) is 0 Å². The van der Waals surface area contributed by atoms with E-state index in [-0.39, 0.29) is 0 Å². The maximum atomic E-state index is 5.62. The topological polar surface area (TPSA) is 18.5 Å². The van der Waals surface area contributed by atoms with Crippen LogP contribution >= 0.6 is 0 Å². The van der Waals surface area contributed by atoms with Crippen molar-refractivity contribution in [2.24, 2.45) is 0 Å². The van der Waals surface area contributed by atoms with E-state index < -0.39 is 14.5 Å². The van der Waals surface area contributed by atoms with Crippen molar-refractivity contribution in [2.45, 2.75) is 37.9 Å². The average Bonchev–Trinajstić information content (AvgIpc) is 2.00. The molecule has 0 aromatic rings. The first-order valence-corrected chi connectivity index (χ1v) is 6.44. The monoisotopic (exact) mass is 174 g/mol. The number of hydrogen-bond donors (Lipinski definition) is 0. The molecule has 0 amide bonds. The van der Waals surface area contributed by atoms with E-state index in [1.54, 1.807) is 0 Å². The van der Waals surface area contributed by atoms with Gasteiger partial charge in [0, 0.05) is 18.2 Å². The Morgan fingerprint density at radius 2 is 1.82 bits per heavy atom. The number of hydrogen-bond acceptors (Lipinski definition) is 2. The van der Waals surface area contributed by atoms with Gasteiger partial charge in [-0.2, -0.15) is 0 Å². The van der Waals surface area contributed by atoms with Gasteiger partial charge in [-0.05, 0) is 20.8 Å². The molecule has 0 aromatic heterocycles. The van der Waals surface area contributed by atoms with E-state index in [0.717, 1.165) is 18.5 Å². The molecule has 0 bridgehead atoms. The molecule has 2 nitrogen and oxygen atoms in total. The predicted octanol–water partition coefficient (Wildman–Crippen LogP) is 2.00. The van der Waals surface area contributed by atoms with Gasteiger partial charge in [0.25, 0.3) is 0 Å². The van der Waals surface area contributed by atoms with Crippen LogP contribution < -0.4 is 0 Å². The molecule has 0 aliphatic heterocycles. The van der Waals surface area contributed by atoms with E-state index in [4.69, 9.17) is 8.53 Å². The minimum Gasteiger partial charge on any atom is -0.500 e. The molecule has 3 heteroatoms. The summed E-state index contributed by atoms with van der Waals surface area (Å²) in [5, 5.41) is 1.16. The van der Waals surface area contributed by atoms with Crippen LogP contribution in [0.5, 0.6) is 0 Å². The van der Waals surface area contributed by atoms with Gasteiger partial charge in [0.1, 0.15) is 0 Å². The van der Waals surface area contributed by atoms with Crippen molar-refractivity contribution in [2.75, 3.05) is 13.2 Å². The molecular weight excluding hydrogens is 155 g/mol. The first kappa shape index (κ1) is 11.5. The second-order valence-corrected chi connectivity index (χ2v) is 5.73. The third kappa shape index (κ3) is 4.82. The van der Waals surface area contributed by atoms with Crippen LogP contribution in [-0.2, 0) is 8.53 Å². The van der Waals surface area contributed by atoms with Crippen LogP contribution in [-0.4, -0.2) is 32.7 Å². The molecule has 0 aliphatic rings. The zero-order valence-corrected chi connectivity index (χ0v) is 9.25. The molecule has 0 aliphatic carbocycles. The Morgan fingerprint density at radius 3 is 2.18 bits per heavy atom. The average molecular weight is 174 g/mol. The molecule has 0 saturated carbocycles. The van der Waals surface area contributed by atoms with E-state index in [1.165, 1.54) is 0 Å². The van der Waals surface area contributed by atoms with E-state index >= 15 is 0 Å². The first-order valence-electron chi connectivity index (χ1n) is 4.49. The molecule has 0 saturated heterocycles. The Balaban J connectivity index is 3.61. The summed E-state index contributed by atoms with van der Waals surface area (Å²) in [5.41, 5.74) is 0. The molecule has 0 N–H and O–H groups in total. The lowest BCUT2D eigenvalue weighted by Crippen LogP contribution is -2.33. The molecule has 0 spiro atoms.